The van der Waals surface area contributed by atoms with E-state index in [9.17, 15) is 4.79 Å². The fraction of sp³-hybridized carbons (Fsp3) is 0.333. The number of hydrogen-bond acceptors (Lipinski definition) is 5. The van der Waals surface area contributed by atoms with Crippen molar-refractivity contribution in [2.24, 2.45) is 5.92 Å². The predicted octanol–water partition coefficient (Wildman–Crippen LogP) is 3.58. The van der Waals surface area contributed by atoms with E-state index < -0.39 is 0 Å². The Labute approximate surface area is 140 Å². The van der Waals surface area contributed by atoms with Gasteiger partial charge in [0.25, 0.3) is 0 Å². The summed E-state index contributed by atoms with van der Waals surface area (Å²) in [5.41, 5.74) is 3.11. The van der Waals surface area contributed by atoms with Crippen LogP contribution in [0.5, 0.6) is 5.75 Å². The molecule has 6 nitrogen and oxygen atoms in total. The fourth-order valence-electron chi connectivity index (χ4n) is 2.66. The molecule has 0 bridgehead atoms. The van der Waals surface area contributed by atoms with Crippen LogP contribution in [0, 0.1) is 5.92 Å². The van der Waals surface area contributed by atoms with Crippen LogP contribution in [0.3, 0.4) is 0 Å². The molecule has 6 heteroatoms. The van der Waals surface area contributed by atoms with E-state index >= 15 is 0 Å². The minimum absolute atomic E-state index is 0.0454. The van der Waals surface area contributed by atoms with Gasteiger partial charge in [-0.3, -0.25) is 9.36 Å². The van der Waals surface area contributed by atoms with Gasteiger partial charge < -0.3 is 4.74 Å². The Kier molecular flexibility index (Phi) is 4.55. The summed E-state index contributed by atoms with van der Waals surface area (Å²) in [6.45, 7) is 4.22. The van der Waals surface area contributed by atoms with Crippen molar-refractivity contribution in [1.82, 2.24) is 19.5 Å². The quantitative estimate of drug-likeness (QED) is 0.717. The molecule has 3 rings (SSSR count). The van der Waals surface area contributed by atoms with E-state index in [1.54, 1.807) is 30.4 Å². The van der Waals surface area contributed by atoms with Crippen molar-refractivity contribution in [3.05, 3.63) is 37.2 Å². The number of nitrogens with zero attached hydrogens (tertiary/aromatic N) is 4. The molecule has 0 amide bonds. The van der Waals surface area contributed by atoms with Gasteiger partial charge in [0.05, 0.1) is 12.6 Å². The average Bonchev–Trinajstić information content (AvgIpc) is 3.03. The Hall–Kier alpha value is -2.76. The van der Waals surface area contributed by atoms with Gasteiger partial charge in [0.15, 0.2) is 5.75 Å². The molecule has 0 aliphatic rings. The van der Waals surface area contributed by atoms with Gasteiger partial charge in [-0.15, -0.1) is 0 Å². The highest BCUT2D eigenvalue weighted by Gasteiger charge is 2.17. The Bertz CT molecular complexity index is 856. The number of carbonyl (C=O) groups is 1. The van der Waals surface area contributed by atoms with Crippen LogP contribution in [0.15, 0.2) is 37.2 Å². The zero-order valence-electron chi connectivity index (χ0n) is 14.1. The maximum atomic E-state index is 12.4. The molecule has 24 heavy (non-hydrogen) atoms. The van der Waals surface area contributed by atoms with E-state index in [1.807, 2.05) is 12.1 Å². The molecule has 3 aromatic rings. The van der Waals surface area contributed by atoms with Crippen LogP contribution >= 0.6 is 0 Å². The third kappa shape index (κ3) is 2.99. The number of ether oxygens (including phenoxy) is 1. The minimum atomic E-state index is 0.0454. The lowest BCUT2D eigenvalue weighted by Gasteiger charge is -2.10. The minimum Gasteiger partial charge on any atom is -0.494 e. The number of carbonyl (C=O) groups excluding carboxylic acids is 1. The van der Waals surface area contributed by atoms with Crippen LogP contribution in [0.2, 0.25) is 0 Å². The molecular formula is C18H20N4O2. The molecule has 0 aliphatic carbocycles. The van der Waals surface area contributed by atoms with Crippen LogP contribution < -0.4 is 4.74 Å². The van der Waals surface area contributed by atoms with Crippen molar-refractivity contribution in [2.45, 2.75) is 26.7 Å². The summed E-state index contributed by atoms with van der Waals surface area (Å²) < 4.78 is 7.16. The lowest BCUT2D eigenvalue weighted by atomic mass is 10.1. The molecule has 2 heterocycles. The van der Waals surface area contributed by atoms with Gasteiger partial charge in [0.1, 0.15) is 18.2 Å². The highest BCUT2D eigenvalue weighted by molar-refractivity contribution is 5.96. The molecule has 0 atom stereocenters. The molecule has 0 unspecified atom stereocenters. The normalized spacial score (nSPS) is 11.2. The lowest BCUT2D eigenvalue weighted by Crippen LogP contribution is -2.10. The largest absolute Gasteiger partial charge is 0.494 e. The third-order valence-electron chi connectivity index (χ3n) is 3.95. The SMILES string of the molecule is COc1c(-c2cncnc2)ccc2c1ncn2C(=O)CCC(C)C. The van der Waals surface area contributed by atoms with Gasteiger partial charge in [0, 0.05) is 29.9 Å². The lowest BCUT2D eigenvalue weighted by molar-refractivity contribution is 0.0900. The first-order valence-corrected chi connectivity index (χ1v) is 7.94. The van der Waals surface area contributed by atoms with Gasteiger partial charge in [-0.1, -0.05) is 13.8 Å². The van der Waals surface area contributed by atoms with E-state index in [0.717, 1.165) is 23.1 Å². The van der Waals surface area contributed by atoms with Crippen LogP contribution in [0.25, 0.3) is 22.2 Å². The summed E-state index contributed by atoms with van der Waals surface area (Å²) in [7, 11) is 1.60. The van der Waals surface area contributed by atoms with Gasteiger partial charge in [-0.05, 0) is 24.5 Å². The fourth-order valence-corrected chi connectivity index (χ4v) is 2.66. The van der Waals surface area contributed by atoms with E-state index in [0.29, 0.717) is 23.6 Å². The number of benzene rings is 1. The molecule has 0 N–H and O–H groups in total. The maximum Gasteiger partial charge on any atom is 0.232 e. The van der Waals surface area contributed by atoms with Crippen LogP contribution in [0.1, 0.15) is 31.5 Å². The number of imidazole rings is 1. The standard InChI is InChI=1S/C18H20N4O2/c1-12(2)4-7-16(23)22-11-21-17-15(22)6-5-14(18(17)24-3)13-8-19-10-20-9-13/h5-6,8-12H,4,7H2,1-3H3. The van der Waals surface area contributed by atoms with Crippen molar-refractivity contribution in [3.63, 3.8) is 0 Å². The van der Waals surface area contributed by atoms with Crippen molar-refractivity contribution >= 4 is 16.9 Å². The van der Waals surface area contributed by atoms with Crippen LogP contribution in [-0.2, 0) is 0 Å². The monoisotopic (exact) mass is 324 g/mol. The number of fused-ring (bicyclic) bond motifs is 1. The molecule has 0 fully saturated rings. The van der Waals surface area contributed by atoms with E-state index in [4.69, 9.17) is 4.74 Å². The van der Waals surface area contributed by atoms with E-state index in [2.05, 4.69) is 28.8 Å². The third-order valence-corrected chi connectivity index (χ3v) is 3.95. The van der Waals surface area contributed by atoms with Gasteiger partial charge in [0.2, 0.25) is 5.91 Å². The second kappa shape index (κ2) is 6.78. The molecule has 0 saturated heterocycles. The average molecular weight is 324 g/mol. The molecule has 0 spiro atoms. The van der Waals surface area contributed by atoms with Crippen molar-refractivity contribution in [2.75, 3.05) is 7.11 Å². The second-order valence-corrected chi connectivity index (χ2v) is 6.08. The predicted molar refractivity (Wildman–Crippen MR) is 92.0 cm³/mol. The number of hydrogen-bond donors (Lipinski definition) is 0. The van der Waals surface area contributed by atoms with Gasteiger partial charge in [-0.2, -0.15) is 0 Å². The summed E-state index contributed by atoms with van der Waals surface area (Å²) in [6, 6.07) is 3.80. The molecule has 0 aliphatic heterocycles. The van der Waals surface area contributed by atoms with Crippen LogP contribution in [0.4, 0.5) is 0 Å². The summed E-state index contributed by atoms with van der Waals surface area (Å²) in [5, 5.41) is 0. The molecule has 0 saturated carbocycles. The summed E-state index contributed by atoms with van der Waals surface area (Å²) in [6.07, 6.45) is 7.86. The molecule has 124 valence electrons. The Morgan fingerprint density at radius 3 is 2.67 bits per heavy atom. The smallest absolute Gasteiger partial charge is 0.232 e. The topological polar surface area (TPSA) is 69.9 Å². The molecule has 1 aromatic carbocycles. The first-order valence-electron chi connectivity index (χ1n) is 7.94. The zero-order valence-corrected chi connectivity index (χ0v) is 14.1. The first kappa shape index (κ1) is 16.1. The summed E-state index contributed by atoms with van der Waals surface area (Å²) in [4.78, 5) is 24.9. The summed E-state index contributed by atoms with van der Waals surface area (Å²) in [5.74, 6) is 1.16. The van der Waals surface area contributed by atoms with Crippen molar-refractivity contribution in [1.29, 1.82) is 0 Å². The zero-order chi connectivity index (χ0) is 17.1. The Morgan fingerprint density at radius 1 is 1.25 bits per heavy atom. The van der Waals surface area contributed by atoms with E-state index in [1.165, 1.54) is 6.33 Å². The molecule has 0 radical (unpaired) electrons. The van der Waals surface area contributed by atoms with Gasteiger partial charge >= 0.3 is 0 Å². The first-order chi connectivity index (χ1) is 11.6. The number of rotatable bonds is 5. The second-order valence-electron chi connectivity index (χ2n) is 6.08. The van der Waals surface area contributed by atoms with Crippen molar-refractivity contribution < 1.29 is 9.53 Å². The maximum absolute atomic E-state index is 12.4. The number of methoxy groups -OCH3 is 1. The Morgan fingerprint density at radius 2 is 2.00 bits per heavy atom. The Balaban J connectivity index is 2.04. The highest BCUT2D eigenvalue weighted by atomic mass is 16.5. The van der Waals surface area contributed by atoms with Gasteiger partial charge in [-0.25, -0.2) is 15.0 Å². The van der Waals surface area contributed by atoms with Crippen molar-refractivity contribution in [3.8, 4) is 16.9 Å². The molecule has 2 aromatic heterocycles. The number of aromatic nitrogens is 4. The van der Waals surface area contributed by atoms with Crippen LogP contribution in [-0.4, -0.2) is 32.5 Å². The van der Waals surface area contributed by atoms with E-state index in [-0.39, 0.29) is 5.91 Å². The highest BCUT2D eigenvalue weighted by Crippen LogP contribution is 2.35. The summed E-state index contributed by atoms with van der Waals surface area (Å²) >= 11 is 0. The molecular weight excluding hydrogens is 304 g/mol.